The van der Waals surface area contributed by atoms with Crippen molar-refractivity contribution in [2.45, 2.75) is 46.0 Å². The number of hydrogen-bond donors (Lipinski definition) is 0. The first-order valence-electron chi connectivity index (χ1n) is 12.5. The molecule has 0 radical (unpaired) electrons. The van der Waals surface area contributed by atoms with Crippen molar-refractivity contribution in [1.29, 1.82) is 0 Å². The van der Waals surface area contributed by atoms with E-state index in [1.54, 1.807) is 36.4 Å². The zero-order valence-corrected chi connectivity index (χ0v) is 20.6. The summed E-state index contributed by atoms with van der Waals surface area (Å²) in [6.45, 7) is 4.28. The highest BCUT2D eigenvalue weighted by Gasteiger charge is 2.21. The van der Waals surface area contributed by atoms with E-state index in [0.717, 1.165) is 31.3 Å². The molecule has 0 aliphatic heterocycles. The molecule has 0 fully saturated rings. The largest absolute Gasteiger partial charge is 0.490 e. The van der Waals surface area contributed by atoms with E-state index in [4.69, 9.17) is 4.74 Å². The maximum absolute atomic E-state index is 15.1. The second-order valence-electron chi connectivity index (χ2n) is 9.10. The second-order valence-corrected chi connectivity index (χ2v) is 9.10. The number of rotatable bonds is 8. The van der Waals surface area contributed by atoms with Crippen molar-refractivity contribution in [2.24, 2.45) is 5.92 Å². The molecule has 0 heterocycles. The summed E-state index contributed by atoms with van der Waals surface area (Å²) in [5.74, 6) is -3.50. The molecule has 0 amide bonds. The fourth-order valence-corrected chi connectivity index (χ4v) is 4.59. The summed E-state index contributed by atoms with van der Waals surface area (Å²) in [5.41, 5.74) is 2.20. The van der Waals surface area contributed by atoms with Crippen molar-refractivity contribution >= 4 is 5.57 Å². The van der Waals surface area contributed by atoms with Crippen LogP contribution >= 0.6 is 0 Å². The molecular weight excluding hydrogens is 464 g/mol. The summed E-state index contributed by atoms with van der Waals surface area (Å²) < 4.78 is 64.6. The Bertz CT molecular complexity index is 1270. The predicted octanol–water partition coefficient (Wildman–Crippen LogP) is 9.52. The fourth-order valence-electron chi connectivity index (χ4n) is 4.59. The van der Waals surface area contributed by atoms with E-state index < -0.39 is 23.3 Å². The third-order valence-electron chi connectivity index (χ3n) is 6.65. The first-order chi connectivity index (χ1) is 17.4. The summed E-state index contributed by atoms with van der Waals surface area (Å²) >= 11 is 0. The molecule has 5 heteroatoms. The minimum Gasteiger partial charge on any atom is -0.490 e. The molecule has 1 aliphatic rings. The van der Waals surface area contributed by atoms with Crippen molar-refractivity contribution in [1.82, 2.24) is 0 Å². The van der Waals surface area contributed by atoms with Gasteiger partial charge >= 0.3 is 0 Å². The number of unbranched alkanes of at least 4 members (excludes halogenated alkanes) is 1. The molecule has 1 atom stereocenters. The van der Waals surface area contributed by atoms with Gasteiger partial charge in [-0.05, 0) is 67.4 Å². The van der Waals surface area contributed by atoms with Crippen LogP contribution in [0.2, 0.25) is 0 Å². The lowest BCUT2D eigenvalue weighted by Gasteiger charge is -2.20. The Kier molecular flexibility index (Phi) is 8.29. The van der Waals surface area contributed by atoms with Gasteiger partial charge in [-0.2, -0.15) is 4.39 Å². The minimum atomic E-state index is -1.04. The van der Waals surface area contributed by atoms with Crippen molar-refractivity contribution in [3.63, 3.8) is 0 Å². The predicted molar refractivity (Wildman–Crippen MR) is 138 cm³/mol. The van der Waals surface area contributed by atoms with Gasteiger partial charge in [-0.3, -0.25) is 0 Å². The Hall–Kier alpha value is -3.34. The molecule has 1 nitrogen and oxygen atoms in total. The summed E-state index contributed by atoms with van der Waals surface area (Å²) in [6, 6.07) is 12.4. The zero-order valence-electron chi connectivity index (χ0n) is 20.6. The second kappa shape index (κ2) is 11.6. The smallest absolute Gasteiger partial charge is 0.201 e. The normalized spacial score (nSPS) is 15.8. The fraction of sp³-hybridized carbons (Fsp3) is 0.290. The number of benzene rings is 3. The Balaban J connectivity index is 1.56. The van der Waals surface area contributed by atoms with E-state index in [-0.39, 0.29) is 16.9 Å². The van der Waals surface area contributed by atoms with Crippen LogP contribution in [0.25, 0.3) is 27.8 Å². The number of halogens is 4. The van der Waals surface area contributed by atoms with Gasteiger partial charge < -0.3 is 4.74 Å². The van der Waals surface area contributed by atoms with Gasteiger partial charge in [-0.15, -0.1) is 0 Å². The molecule has 3 aromatic rings. The molecule has 0 bridgehead atoms. The molecule has 0 N–H and O–H groups in total. The van der Waals surface area contributed by atoms with Gasteiger partial charge in [0.1, 0.15) is 0 Å². The number of hydrogen-bond acceptors (Lipinski definition) is 1. The van der Waals surface area contributed by atoms with Gasteiger partial charge in [0, 0.05) is 16.7 Å². The molecule has 0 aromatic heterocycles. The molecule has 1 unspecified atom stereocenters. The maximum Gasteiger partial charge on any atom is 0.201 e. The Morgan fingerprint density at radius 3 is 1.97 bits per heavy atom. The van der Waals surface area contributed by atoms with Gasteiger partial charge in [0.15, 0.2) is 23.2 Å². The molecule has 188 valence electrons. The van der Waals surface area contributed by atoms with Crippen LogP contribution in [-0.4, -0.2) is 6.61 Å². The highest BCUT2D eigenvalue weighted by Crippen LogP contribution is 2.36. The number of ether oxygens (including phenoxy) is 1. The molecule has 1 aliphatic carbocycles. The molecule has 0 spiro atoms. The lowest BCUT2D eigenvalue weighted by Crippen LogP contribution is -2.05. The third kappa shape index (κ3) is 5.40. The monoisotopic (exact) mass is 494 g/mol. The van der Waals surface area contributed by atoms with Crippen molar-refractivity contribution in [2.75, 3.05) is 6.61 Å². The lowest BCUT2D eigenvalue weighted by molar-refractivity contribution is 0.289. The minimum absolute atomic E-state index is 0.0735. The quantitative estimate of drug-likeness (QED) is 0.172. The molecule has 0 saturated carbocycles. The van der Waals surface area contributed by atoms with Crippen LogP contribution in [0.15, 0.2) is 66.8 Å². The van der Waals surface area contributed by atoms with E-state index in [1.165, 1.54) is 12.1 Å². The first kappa shape index (κ1) is 25.7. The SMILES string of the molecule is C/C=C/C1CC=C(c2ccc(-c3ccc(-c4ccc(OCCCC)c(F)c4F)cc3)c(F)c2F)CC1. The van der Waals surface area contributed by atoms with E-state index in [0.29, 0.717) is 35.6 Å². The average Bonchev–Trinajstić information content (AvgIpc) is 2.89. The van der Waals surface area contributed by atoms with Crippen molar-refractivity contribution in [3.8, 4) is 28.0 Å². The van der Waals surface area contributed by atoms with Crippen LogP contribution < -0.4 is 4.74 Å². The number of allylic oxidation sites excluding steroid dienone is 4. The summed E-state index contributed by atoms with van der Waals surface area (Å²) in [5, 5.41) is 0. The molecule has 0 saturated heterocycles. The van der Waals surface area contributed by atoms with Crippen molar-refractivity contribution < 1.29 is 22.3 Å². The standard InChI is InChI=1S/C31H30F4O/c1-3-5-19-36-27-18-17-26(30(34)31(27)35)23-13-11-22(12-14-23)25-16-15-24(28(32)29(25)33)21-9-7-20(6-4-2)8-10-21/h4,6,9,11-18,20H,3,5,7-8,10,19H2,1-2H3/b6-4+. The van der Waals surface area contributed by atoms with Crippen LogP contribution in [0.3, 0.4) is 0 Å². The lowest BCUT2D eigenvalue weighted by atomic mass is 9.85. The van der Waals surface area contributed by atoms with Gasteiger partial charge in [0.2, 0.25) is 5.82 Å². The Morgan fingerprint density at radius 2 is 1.39 bits per heavy atom. The van der Waals surface area contributed by atoms with E-state index in [1.807, 2.05) is 26.0 Å². The van der Waals surface area contributed by atoms with E-state index in [2.05, 4.69) is 6.08 Å². The Labute approximate surface area is 210 Å². The van der Waals surface area contributed by atoms with Crippen LogP contribution in [0, 0.1) is 29.2 Å². The van der Waals surface area contributed by atoms with Crippen LogP contribution in [0.4, 0.5) is 17.6 Å². The Morgan fingerprint density at radius 1 is 0.806 bits per heavy atom. The third-order valence-corrected chi connectivity index (χ3v) is 6.65. The highest BCUT2D eigenvalue weighted by atomic mass is 19.2. The molecule has 3 aromatic carbocycles. The summed E-state index contributed by atoms with van der Waals surface area (Å²) in [4.78, 5) is 0. The van der Waals surface area contributed by atoms with Gasteiger partial charge in [-0.25, -0.2) is 13.2 Å². The zero-order chi connectivity index (χ0) is 25.7. The topological polar surface area (TPSA) is 9.23 Å². The first-order valence-corrected chi connectivity index (χ1v) is 12.5. The highest BCUT2D eigenvalue weighted by molar-refractivity contribution is 5.74. The maximum atomic E-state index is 15.1. The van der Waals surface area contributed by atoms with Crippen molar-refractivity contribution in [3.05, 3.63) is 95.6 Å². The van der Waals surface area contributed by atoms with E-state index in [9.17, 15) is 8.78 Å². The molecule has 4 rings (SSSR count). The summed E-state index contributed by atoms with van der Waals surface area (Å²) in [6.07, 6.45) is 10.2. The van der Waals surface area contributed by atoms with Crippen LogP contribution in [-0.2, 0) is 0 Å². The van der Waals surface area contributed by atoms with Gasteiger partial charge in [0.25, 0.3) is 0 Å². The average molecular weight is 495 g/mol. The van der Waals surface area contributed by atoms with Gasteiger partial charge in [-0.1, -0.05) is 68.0 Å². The van der Waals surface area contributed by atoms with Crippen LogP contribution in [0.1, 0.15) is 51.5 Å². The molecular formula is C31H30F4O. The van der Waals surface area contributed by atoms with Gasteiger partial charge in [0.05, 0.1) is 6.61 Å². The molecule has 36 heavy (non-hydrogen) atoms. The van der Waals surface area contributed by atoms with Crippen LogP contribution in [0.5, 0.6) is 5.75 Å². The van der Waals surface area contributed by atoms with E-state index >= 15 is 8.78 Å². The summed E-state index contributed by atoms with van der Waals surface area (Å²) in [7, 11) is 0.